The Bertz CT molecular complexity index is 961. The summed E-state index contributed by atoms with van der Waals surface area (Å²) in [6.07, 6.45) is 0. The van der Waals surface area contributed by atoms with E-state index in [0.29, 0.717) is 35.3 Å². The van der Waals surface area contributed by atoms with E-state index in [1.807, 2.05) is 61.5 Å². The molecule has 30 heavy (non-hydrogen) atoms. The molecule has 0 spiro atoms. The van der Waals surface area contributed by atoms with Crippen molar-refractivity contribution in [2.75, 3.05) is 13.7 Å². The van der Waals surface area contributed by atoms with Gasteiger partial charge in [0.1, 0.15) is 30.5 Å². The number of ether oxygens (including phenoxy) is 3. The zero-order valence-electron chi connectivity index (χ0n) is 16.9. The predicted molar refractivity (Wildman–Crippen MR) is 118 cm³/mol. The smallest absolute Gasteiger partial charge is 0.255 e. The van der Waals surface area contributed by atoms with E-state index >= 15 is 0 Å². The summed E-state index contributed by atoms with van der Waals surface area (Å²) >= 11 is 6.11. The molecule has 0 aliphatic carbocycles. The summed E-state index contributed by atoms with van der Waals surface area (Å²) in [5, 5.41) is 3.39. The predicted octanol–water partition coefficient (Wildman–Crippen LogP) is 5.12. The first-order valence-corrected chi connectivity index (χ1v) is 9.97. The highest BCUT2D eigenvalue weighted by atomic mass is 35.5. The molecule has 0 aliphatic rings. The average molecular weight is 426 g/mol. The van der Waals surface area contributed by atoms with E-state index in [2.05, 4.69) is 5.32 Å². The second-order valence-electron chi connectivity index (χ2n) is 6.78. The number of nitrogens with one attached hydrogen (secondary N) is 1. The third-order valence-electron chi connectivity index (χ3n) is 4.36. The molecule has 0 saturated carbocycles. The first kappa shape index (κ1) is 21.5. The zero-order chi connectivity index (χ0) is 21.3. The van der Waals surface area contributed by atoms with E-state index in [-0.39, 0.29) is 11.9 Å². The molecule has 0 bridgehead atoms. The molecule has 3 aromatic rings. The highest BCUT2D eigenvalue weighted by Crippen LogP contribution is 2.24. The standard InChI is InChI=1S/C24H24ClNO4/c1-17(15-29-21-11-9-20(28-2)10-12-21)26-24(27)22-14-19(25)8-13-23(22)30-16-18-6-4-3-5-7-18/h3-14,17H,15-16H2,1-2H3,(H,26,27)/t17-/m0/s1. The Balaban J connectivity index is 1.59. The summed E-state index contributed by atoms with van der Waals surface area (Å²) in [6, 6.07) is 21.8. The highest BCUT2D eigenvalue weighted by molar-refractivity contribution is 6.31. The molecule has 0 heterocycles. The summed E-state index contributed by atoms with van der Waals surface area (Å²) in [6.45, 7) is 2.55. The maximum Gasteiger partial charge on any atom is 0.255 e. The van der Waals surface area contributed by atoms with Crippen molar-refractivity contribution < 1.29 is 19.0 Å². The average Bonchev–Trinajstić information content (AvgIpc) is 2.77. The third-order valence-corrected chi connectivity index (χ3v) is 4.60. The molecule has 1 atom stereocenters. The van der Waals surface area contributed by atoms with Crippen molar-refractivity contribution in [1.29, 1.82) is 0 Å². The minimum absolute atomic E-state index is 0.222. The van der Waals surface area contributed by atoms with Crippen LogP contribution < -0.4 is 19.5 Å². The van der Waals surface area contributed by atoms with Gasteiger partial charge in [-0.2, -0.15) is 0 Å². The molecule has 0 saturated heterocycles. The van der Waals surface area contributed by atoms with E-state index in [1.165, 1.54) is 0 Å². The van der Waals surface area contributed by atoms with Crippen molar-refractivity contribution in [2.45, 2.75) is 19.6 Å². The van der Waals surface area contributed by atoms with Crippen molar-refractivity contribution >= 4 is 17.5 Å². The maximum absolute atomic E-state index is 12.8. The van der Waals surface area contributed by atoms with Gasteiger partial charge in [0.2, 0.25) is 0 Å². The number of hydrogen-bond acceptors (Lipinski definition) is 4. The second-order valence-corrected chi connectivity index (χ2v) is 7.21. The van der Waals surface area contributed by atoms with Crippen molar-refractivity contribution in [3.05, 3.63) is 88.9 Å². The Morgan fingerprint density at radius 1 is 0.967 bits per heavy atom. The molecular formula is C24H24ClNO4. The first-order chi connectivity index (χ1) is 14.5. The molecule has 156 valence electrons. The zero-order valence-corrected chi connectivity index (χ0v) is 17.7. The van der Waals surface area contributed by atoms with Gasteiger partial charge in [-0.15, -0.1) is 0 Å². The van der Waals surface area contributed by atoms with Crippen LogP contribution in [0.25, 0.3) is 0 Å². The van der Waals surface area contributed by atoms with E-state index in [9.17, 15) is 4.79 Å². The Hall–Kier alpha value is -3.18. The quantitative estimate of drug-likeness (QED) is 0.516. The Morgan fingerprint density at radius 3 is 2.37 bits per heavy atom. The summed E-state index contributed by atoms with van der Waals surface area (Å²) in [5.41, 5.74) is 1.40. The Morgan fingerprint density at radius 2 is 1.67 bits per heavy atom. The molecule has 6 heteroatoms. The van der Waals surface area contributed by atoms with Crippen LogP contribution in [-0.4, -0.2) is 25.7 Å². The molecule has 0 aromatic heterocycles. The Kier molecular flexibility index (Phi) is 7.57. The van der Waals surface area contributed by atoms with Crippen molar-refractivity contribution in [1.82, 2.24) is 5.32 Å². The summed E-state index contributed by atoms with van der Waals surface area (Å²) in [5.74, 6) is 1.66. The fraction of sp³-hybridized carbons (Fsp3) is 0.208. The normalized spacial score (nSPS) is 11.4. The summed E-state index contributed by atoms with van der Waals surface area (Å²) in [7, 11) is 1.61. The first-order valence-electron chi connectivity index (χ1n) is 9.59. The van der Waals surface area contributed by atoms with Crippen LogP contribution in [0.3, 0.4) is 0 Å². The van der Waals surface area contributed by atoms with Gasteiger partial charge in [-0.25, -0.2) is 0 Å². The van der Waals surface area contributed by atoms with E-state index in [0.717, 1.165) is 11.3 Å². The van der Waals surface area contributed by atoms with Crippen molar-refractivity contribution in [3.63, 3.8) is 0 Å². The number of methoxy groups -OCH3 is 1. The minimum atomic E-state index is -0.272. The Labute approximate surface area is 181 Å². The van der Waals surface area contributed by atoms with E-state index in [1.54, 1.807) is 25.3 Å². The molecule has 0 radical (unpaired) electrons. The topological polar surface area (TPSA) is 56.8 Å². The van der Waals surface area contributed by atoms with Gasteiger partial charge in [-0.3, -0.25) is 4.79 Å². The van der Waals surface area contributed by atoms with E-state index < -0.39 is 0 Å². The lowest BCUT2D eigenvalue weighted by atomic mass is 10.1. The van der Waals surface area contributed by atoms with Crippen LogP contribution in [0.4, 0.5) is 0 Å². The van der Waals surface area contributed by atoms with Crippen molar-refractivity contribution in [3.8, 4) is 17.2 Å². The number of rotatable bonds is 9. The van der Waals surface area contributed by atoms with Crippen LogP contribution in [0.1, 0.15) is 22.8 Å². The molecule has 0 aliphatic heterocycles. The highest BCUT2D eigenvalue weighted by Gasteiger charge is 2.16. The largest absolute Gasteiger partial charge is 0.497 e. The van der Waals surface area contributed by atoms with Gasteiger partial charge in [0.15, 0.2) is 0 Å². The van der Waals surface area contributed by atoms with Crippen LogP contribution in [0, 0.1) is 0 Å². The number of hydrogen-bond donors (Lipinski definition) is 1. The molecular weight excluding hydrogens is 402 g/mol. The van der Waals surface area contributed by atoms with Crippen LogP contribution in [0.5, 0.6) is 17.2 Å². The summed E-state index contributed by atoms with van der Waals surface area (Å²) in [4.78, 5) is 12.8. The van der Waals surface area contributed by atoms with Crippen LogP contribution in [-0.2, 0) is 6.61 Å². The fourth-order valence-electron chi connectivity index (χ4n) is 2.78. The van der Waals surface area contributed by atoms with Crippen molar-refractivity contribution in [2.24, 2.45) is 0 Å². The molecule has 5 nitrogen and oxygen atoms in total. The molecule has 3 aromatic carbocycles. The van der Waals surface area contributed by atoms with Gasteiger partial charge >= 0.3 is 0 Å². The number of benzene rings is 3. The lowest BCUT2D eigenvalue weighted by molar-refractivity contribution is 0.0922. The van der Waals surface area contributed by atoms with Crippen LogP contribution >= 0.6 is 11.6 Å². The summed E-state index contributed by atoms with van der Waals surface area (Å²) < 4.78 is 16.7. The van der Waals surface area contributed by atoms with Gasteiger partial charge in [0, 0.05) is 5.02 Å². The molecule has 1 N–H and O–H groups in total. The fourth-order valence-corrected chi connectivity index (χ4v) is 2.95. The second kappa shape index (κ2) is 10.6. The lowest BCUT2D eigenvalue weighted by Gasteiger charge is -2.17. The van der Waals surface area contributed by atoms with Gasteiger partial charge in [0.05, 0.1) is 18.7 Å². The monoisotopic (exact) mass is 425 g/mol. The SMILES string of the molecule is COc1ccc(OC[C@H](C)NC(=O)c2cc(Cl)ccc2OCc2ccccc2)cc1. The van der Waals surface area contributed by atoms with Gasteiger partial charge < -0.3 is 19.5 Å². The van der Waals surface area contributed by atoms with Crippen LogP contribution in [0.15, 0.2) is 72.8 Å². The van der Waals surface area contributed by atoms with Crippen LogP contribution in [0.2, 0.25) is 5.02 Å². The lowest BCUT2D eigenvalue weighted by Crippen LogP contribution is -2.37. The molecule has 3 rings (SSSR count). The van der Waals surface area contributed by atoms with E-state index in [4.69, 9.17) is 25.8 Å². The maximum atomic E-state index is 12.8. The number of amides is 1. The number of carbonyl (C=O) groups is 1. The van der Waals surface area contributed by atoms with Gasteiger partial charge in [-0.1, -0.05) is 41.9 Å². The minimum Gasteiger partial charge on any atom is -0.497 e. The molecule has 0 unspecified atom stereocenters. The van der Waals surface area contributed by atoms with Gasteiger partial charge in [-0.05, 0) is 55.0 Å². The van der Waals surface area contributed by atoms with Gasteiger partial charge in [0.25, 0.3) is 5.91 Å². The third kappa shape index (κ3) is 6.16. The number of halogens is 1. The molecule has 0 fully saturated rings. The number of carbonyl (C=O) groups excluding carboxylic acids is 1. The molecule has 1 amide bonds.